The number of nitrogens with zero attached hydrogens (tertiary/aromatic N) is 1. The van der Waals surface area contributed by atoms with E-state index in [0.29, 0.717) is 17.8 Å². The summed E-state index contributed by atoms with van der Waals surface area (Å²) in [5, 5.41) is 1.38. The number of thiocarbonyl (C=S) groups is 1. The summed E-state index contributed by atoms with van der Waals surface area (Å²) in [5.74, 6) is -0.173. The predicted molar refractivity (Wildman–Crippen MR) is 123 cm³/mol. The predicted octanol–water partition coefficient (Wildman–Crippen LogP) is 6.48. The maximum absolute atomic E-state index is 12.2. The molecule has 0 N–H and O–H groups in total. The van der Waals surface area contributed by atoms with Crippen LogP contribution in [0.1, 0.15) is 97.8 Å². The lowest BCUT2D eigenvalue weighted by molar-refractivity contribution is 0.00935. The zero-order valence-corrected chi connectivity index (χ0v) is 19.7. The van der Waals surface area contributed by atoms with Crippen molar-refractivity contribution in [3.8, 4) is 0 Å². The minimum atomic E-state index is -3.68. The molecule has 0 fully saturated rings. The second kappa shape index (κ2) is 14.3. The van der Waals surface area contributed by atoms with E-state index in [-0.39, 0.29) is 5.75 Å². The third-order valence-corrected chi connectivity index (χ3v) is 6.77. The largest absolute Gasteiger partial charge is 0.292 e. The van der Waals surface area contributed by atoms with E-state index in [1.807, 2.05) is 13.0 Å². The third kappa shape index (κ3) is 11.3. The van der Waals surface area contributed by atoms with Crippen LogP contribution >= 0.6 is 12.2 Å². The zero-order chi connectivity index (χ0) is 20.8. The molecule has 0 unspecified atom stereocenters. The molecular formula is C22H39NO3S2. The standard InChI is InChI=1S/C22H39NO3S2/c1-4-6-7-8-9-10-11-12-13-14-15-22(27)19-28(24,25)26-23-17-16-21(5-2)20(3)18-23/h16-17H,4-15,18-19H2,1-3H3. The highest BCUT2D eigenvalue weighted by Crippen LogP contribution is 2.19. The van der Waals surface area contributed by atoms with Crippen molar-refractivity contribution < 1.29 is 12.7 Å². The molecule has 1 aliphatic rings. The highest BCUT2D eigenvalue weighted by molar-refractivity contribution is 7.90. The van der Waals surface area contributed by atoms with Crippen LogP contribution in [0.15, 0.2) is 23.4 Å². The van der Waals surface area contributed by atoms with Gasteiger partial charge in [0.2, 0.25) is 0 Å². The highest BCUT2D eigenvalue weighted by atomic mass is 32.2. The maximum atomic E-state index is 12.2. The summed E-state index contributed by atoms with van der Waals surface area (Å²) in [7, 11) is -3.68. The molecule has 0 spiro atoms. The molecule has 0 atom stereocenters. The van der Waals surface area contributed by atoms with E-state index in [2.05, 4.69) is 13.8 Å². The van der Waals surface area contributed by atoms with Gasteiger partial charge >= 0.3 is 0 Å². The number of hydrogen-bond donors (Lipinski definition) is 0. The molecule has 1 aliphatic heterocycles. The molecule has 0 radical (unpaired) electrons. The lowest BCUT2D eigenvalue weighted by Crippen LogP contribution is -2.29. The molecule has 6 heteroatoms. The van der Waals surface area contributed by atoms with E-state index in [0.717, 1.165) is 24.8 Å². The van der Waals surface area contributed by atoms with Gasteiger partial charge in [-0.15, -0.1) is 4.28 Å². The molecule has 0 aromatic heterocycles. The molecule has 28 heavy (non-hydrogen) atoms. The van der Waals surface area contributed by atoms with Gasteiger partial charge in [-0.2, -0.15) is 8.42 Å². The summed E-state index contributed by atoms with van der Waals surface area (Å²) in [4.78, 5) is 0.571. The quantitative estimate of drug-likeness (QED) is 0.207. The van der Waals surface area contributed by atoms with Gasteiger partial charge in [-0.05, 0) is 43.4 Å². The minimum absolute atomic E-state index is 0.173. The second-order valence-electron chi connectivity index (χ2n) is 7.80. The molecule has 4 nitrogen and oxygen atoms in total. The number of hydroxylamine groups is 2. The van der Waals surface area contributed by atoms with Crippen molar-refractivity contribution in [3.63, 3.8) is 0 Å². The number of rotatable bonds is 16. The lowest BCUT2D eigenvalue weighted by atomic mass is 10.1. The third-order valence-electron chi connectivity index (χ3n) is 5.12. The van der Waals surface area contributed by atoms with Crippen LogP contribution < -0.4 is 0 Å². The smallest absolute Gasteiger partial charge is 0.240 e. The van der Waals surface area contributed by atoms with Crippen LogP contribution in [0.5, 0.6) is 0 Å². The van der Waals surface area contributed by atoms with E-state index in [1.165, 1.54) is 62.0 Å². The van der Waals surface area contributed by atoms with Crippen molar-refractivity contribution >= 4 is 27.2 Å². The fourth-order valence-corrected chi connectivity index (χ4v) is 4.99. The molecule has 0 saturated heterocycles. The van der Waals surface area contributed by atoms with Crippen molar-refractivity contribution in [2.45, 2.75) is 97.8 Å². The monoisotopic (exact) mass is 429 g/mol. The fourth-order valence-electron chi connectivity index (χ4n) is 3.43. The molecular weight excluding hydrogens is 390 g/mol. The van der Waals surface area contributed by atoms with Gasteiger partial charge in [0.1, 0.15) is 5.75 Å². The van der Waals surface area contributed by atoms with Crippen LogP contribution in [0.25, 0.3) is 0 Å². The van der Waals surface area contributed by atoms with Gasteiger partial charge in [-0.3, -0.25) is 0 Å². The van der Waals surface area contributed by atoms with Gasteiger partial charge in [0.15, 0.2) is 0 Å². The van der Waals surface area contributed by atoms with Crippen molar-refractivity contribution in [2.75, 3.05) is 12.3 Å². The topological polar surface area (TPSA) is 46.6 Å². The van der Waals surface area contributed by atoms with Crippen molar-refractivity contribution in [3.05, 3.63) is 23.4 Å². The normalized spacial score (nSPS) is 14.8. The van der Waals surface area contributed by atoms with Gasteiger partial charge in [0.25, 0.3) is 10.1 Å². The summed E-state index contributed by atoms with van der Waals surface area (Å²) >= 11 is 5.29. The average Bonchev–Trinajstić information content (AvgIpc) is 2.62. The summed E-state index contributed by atoms with van der Waals surface area (Å²) in [6, 6.07) is 0. The lowest BCUT2D eigenvalue weighted by Gasteiger charge is -2.24. The van der Waals surface area contributed by atoms with E-state index in [9.17, 15) is 8.42 Å². The first-order chi connectivity index (χ1) is 13.4. The molecule has 0 aliphatic carbocycles. The first-order valence-corrected chi connectivity index (χ1v) is 12.9. The molecule has 0 bridgehead atoms. The number of allylic oxidation sites excluding steroid dienone is 2. The Hall–Kier alpha value is -0.720. The molecule has 0 saturated carbocycles. The Bertz CT molecular complexity index is 624. The van der Waals surface area contributed by atoms with Gasteiger partial charge < -0.3 is 0 Å². The van der Waals surface area contributed by atoms with E-state index < -0.39 is 10.1 Å². The van der Waals surface area contributed by atoms with Gasteiger partial charge in [0, 0.05) is 11.1 Å². The van der Waals surface area contributed by atoms with Crippen LogP contribution in [0, 0.1) is 0 Å². The minimum Gasteiger partial charge on any atom is -0.240 e. The Morgan fingerprint density at radius 3 is 2.14 bits per heavy atom. The Morgan fingerprint density at radius 1 is 1.04 bits per heavy atom. The van der Waals surface area contributed by atoms with Crippen LogP contribution in [0.3, 0.4) is 0 Å². The summed E-state index contributed by atoms with van der Waals surface area (Å²) in [6.07, 6.45) is 17.8. The number of hydrogen-bond acceptors (Lipinski definition) is 5. The van der Waals surface area contributed by atoms with Crippen LogP contribution in [-0.2, 0) is 14.4 Å². The molecule has 0 aromatic carbocycles. The van der Waals surface area contributed by atoms with Crippen molar-refractivity contribution in [1.29, 1.82) is 0 Å². The Labute approximate surface area is 178 Å². The maximum Gasteiger partial charge on any atom is 0.292 e. The van der Waals surface area contributed by atoms with Crippen LogP contribution in [0.2, 0.25) is 0 Å². The first kappa shape index (κ1) is 25.3. The Kier molecular flexibility index (Phi) is 12.9. The zero-order valence-electron chi connectivity index (χ0n) is 18.0. The van der Waals surface area contributed by atoms with Gasteiger partial charge in [-0.25, -0.2) is 5.06 Å². The van der Waals surface area contributed by atoms with Crippen molar-refractivity contribution in [1.82, 2.24) is 5.06 Å². The van der Waals surface area contributed by atoms with E-state index in [1.54, 1.807) is 6.20 Å². The summed E-state index contributed by atoms with van der Waals surface area (Å²) in [5.41, 5.74) is 2.36. The molecule has 162 valence electrons. The first-order valence-electron chi connectivity index (χ1n) is 11.0. The summed E-state index contributed by atoms with van der Waals surface area (Å²) < 4.78 is 29.7. The average molecular weight is 430 g/mol. The fraction of sp³-hybridized carbons (Fsp3) is 0.773. The van der Waals surface area contributed by atoms with Crippen LogP contribution in [-0.4, -0.2) is 30.6 Å². The molecule has 1 rings (SSSR count). The van der Waals surface area contributed by atoms with Gasteiger partial charge in [-0.1, -0.05) is 83.9 Å². The van der Waals surface area contributed by atoms with E-state index >= 15 is 0 Å². The Balaban J connectivity index is 2.14. The molecule has 1 heterocycles. The van der Waals surface area contributed by atoms with E-state index in [4.69, 9.17) is 16.5 Å². The van der Waals surface area contributed by atoms with Gasteiger partial charge in [0.05, 0.1) is 6.54 Å². The molecule has 0 aromatic rings. The van der Waals surface area contributed by atoms with Crippen molar-refractivity contribution in [2.24, 2.45) is 0 Å². The second-order valence-corrected chi connectivity index (χ2v) is 9.93. The van der Waals surface area contributed by atoms with Crippen LogP contribution in [0.4, 0.5) is 0 Å². The SMILES string of the molecule is CCCCCCCCCCCCC(=S)CS(=O)(=O)ON1C=CC(CC)=C(C)C1. The molecule has 0 amide bonds. The Morgan fingerprint density at radius 2 is 1.61 bits per heavy atom. The highest BCUT2D eigenvalue weighted by Gasteiger charge is 2.20. The number of unbranched alkanes of at least 4 members (excludes halogenated alkanes) is 9. The summed E-state index contributed by atoms with van der Waals surface area (Å²) in [6.45, 7) is 6.81.